The maximum absolute atomic E-state index is 13.0. The number of hydrogen-bond donors (Lipinski definition) is 1. The van der Waals surface area contributed by atoms with Crippen LogP contribution in [0.15, 0.2) is 101 Å². The van der Waals surface area contributed by atoms with Crippen LogP contribution in [0.1, 0.15) is 22.8 Å². The smallest absolute Gasteiger partial charge is 0.288 e. The fraction of sp³-hybridized carbons (Fsp3) is 0.0400. The zero-order valence-electron chi connectivity index (χ0n) is 17.2. The van der Waals surface area contributed by atoms with Crippen molar-refractivity contribution in [3.8, 4) is 11.3 Å². The zero-order valence-corrected chi connectivity index (χ0v) is 18.0. The molecule has 4 aromatic rings. The van der Waals surface area contributed by atoms with Crippen molar-refractivity contribution < 1.29 is 14.1 Å². The monoisotopic (exact) mass is 459 g/mol. The first-order valence-corrected chi connectivity index (χ1v) is 10.4. The van der Waals surface area contributed by atoms with Crippen molar-refractivity contribution in [2.45, 2.75) is 5.92 Å². The average molecular weight is 460 g/mol. The van der Waals surface area contributed by atoms with Crippen molar-refractivity contribution in [1.29, 1.82) is 0 Å². The predicted octanol–water partition coefficient (Wildman–Crippen LogP) is 5.79. The number of furan rings is 1. The Hall–Kier alpha value is -4.23. The Bertz CT molecular complexity index is 1260. The van der Waals surface area contributed by atoms with E-state index in [1.807, 2.05) is 60.7 Å². The minimum Gasteiger partial charge on any atom is -0.455 e. The lowest BCUT2D eigenvalue weighted by Gasteiger charge is -2.16. The quantitative estimate of drug-likeness (QED) is 0.215. The van der Waals surface area contributed by atoms with E-state index >= 15 is 0 Å². The normalized spacial score (nSPS) is 11.1. The lowest BCUT2D eigenvalue weighted by Crippen LogP contribution is -2.26. The molecule has 0 bridgehead atoms. The van der Waals surface area contributed by atoms with Crippen LogP contribution >= 0.6 is 11.6 Å². The fourth-order valence-corrected chi connectivity index (χ4v) is 3.58. The summed E-state index contributed by atoms with van der Waals surface area (Å²) in [6.07, 6.45) is 1.37. The van der Waals surface area contributed by atoms with Gasteiger partial charge in [-0.25, -0.2) is 5.43 Å². The number of nitrogens with one attached hydrogen (secondary N) is 1. The van der Waals surface area contributed by atoms with Gasteiger partial charge in [0.1, 0.15) is 16.5 Å². The van der Waals surface area contributed by atoms with E-state index in [1.165, 1.54) is 18.3 Å². The summed E-state index contributed by atoms with van der Waals surface area (Å²) in [5.74, 6) is -0.0250. The topological polar surface area (TPSA) is 97.7 Å². The van der Waals surface area contributed by atoms with Crippen LogP contribution < -0.4 is 5.43 Å². The first kappa shape index (κ1) is 22.0. The first-order valence-electron chi connectivity index (χ1n) is 10.00. The van der Waals surface area contributed by atoms with Gasteiger partial charge in [-0.05, 0) is 35.4 Å². The SMILES string of the molecule is O=C(N/N=C\c1ccc(-c2ccc(Cl)c([N+](=O)[O-])c2)o1)C(c1ccccc1)c1ccccc1. The Morgan fingerprint density at radius 2 is 1.61 bits per heavy atom. The summed E-state index contributed by atoms with van der Waals surface area (Å²) < 4.78 is 5.69. The highest BCUT2D eigenvalue weighted by Gasteiger charge is 2.22. The highest BCUT2D eigenvalue weighted by Crippen LogP contribution is 2.31. The van der Waals surface area contributed by atoms with Gasteiger partial charge in [0.2, 0.25) is 0 Å². The molecule has 0 spiro atoms. The van der Waals surface area contributed by atoms with Gasteiger partial charge in [0.25, 0.3) is 11.6 Å². The van der Waals surface area contributed by atoms with E-state index in [2.05, 4.69) is 10.5 Å². The van der Waals surface area contributed by atoms with E-state index in [4.69, 9.17) is 16.0 Å². The average Bonchev–Trinajstić information content (AvgIpc) is 3.30. The Labute approximate surface area is 194 Å². The van der Waals surface area contributed by atoms with Crippen LogP contribution in [0.3, 0.4) is 0 Å². The lowest BCUT2D eigenvalue weighted by molar-refractivity contribution is -0.384. The van der Waals surface area contributed by atoms with Crippen molar-refractivity contribution >= 4 is 29.4 Å². The Balaban J connectivity index is 1.50. The van der Waals surface area contributed by atoms with E-state index < -0.39 is 10.8 Å². The van der Waals surface area contributed by atoms with Gasteiger partial charge in [-0.1, -0.05) is 72.3 Å². The highest BCUT2D eigenvalue weighted by atomic mass is 35.5. The number of rotatable bonds is 7. The van der Waals surface area contributed by atoms with Crippen LogP contribution in [-0.2, 0) is 4.79 Å². The van der Waals surface area contributed by atoms with Gasteiger partial charge in [-0.2, -0.15) is 5.10 Å². The van der Waals surface area contributed by atoms with Crippen LogP contribution in [0, 0.1) is 10.1 Å². The second-order valence-electron chi connectivity index (χ2n) is 7.11. The fourth-order valence-electron chi connectivity index (χ4n) is 3.39. The number of benzene rings is 3. The summed E-state index contributed by atoms with van der Waals surface area (Å²) in [5, 5.41) is 15.2. The van der Waals surface area contributed by atoms with Crippen LogP contribution in [0.4, 0.5) is 5.69 Å². The third-order valence-corrected chi connectivity index (χ3v) is 5.27. The summed E-state index contributed by atoms with van der Waals surface area (Å²) in [5.41, 5.74) is 4.56. The van der Waals surface area contributed by atoms with Gasteiger partial charge < -0.3 is 4.42 Å². The molecule has 33 heavy (non-hydrogen) atoms. The Kier molecular flexibility index (Phi) is 6.61. The molecule has 8 heteroatoms. The van der Waals surface area contributed by atoms with E-state index in [1.54, 1.807) is 18.2 Å². The molecule has 0 aliphatic rings. The maximum Gasteiger partial charge on any atom is 0.288 e. The molecule has 0 aliphatic carbocycles. The van der Waals surface area contributed by atoms with E-state index in [9.17, 15) is 14.9 Å². The summed E-state index contributed by atoms with van der Waals surface area (Å²) in [6.45, 7) is 0. The minimum absolute atomic E-state index is 0.0474. The van der Waals surface area contributed by atoms with Crippen LogP contribution in [0.25, 0.3) is 11.3 Å². The zero-order chi connectivity index (χ0) is 23.2. The number of amides is 1. The number of carbonyl (C=O) groups excluding carboxylic acids is 1. The Morgan fingerprint density at radius 1 is 0.970 bits per heavy atom. The summed E-state index contributed by atoms with van der Waals surface area (Å²) in [6, 6.07) is 26.6. The summed E-state index contributed by atoms with van der Waals surface area (Å²) in [4.78, 5) is 23.5. The van der Waals surface area contributed by atoms with Gasteiger partial charge in [-0.15, -0.1) is 0 Å². The number of nitro benzene ring substituents is 1. The summed E-state index contributed by atoms with van der Waals surface area (Å²) >= 11 is 5.86. The van der Waals surface area contributed by atoms with Crippen LogP contribution in [0.2, 0.25) is 5.02 Å². The number of halogens is 1. The first-order chi connectivity index (χ1) is 16.0. The van der Waals surface area contributed by atoms with Crippen molar-refractivity contribution in [2.75, 3.05) is 0 Å². The standard InChI is InChI=1S/C25H18ClN3O4/c26-21-13-11-19(15-22(21)29(31)32)23-14-12-20(33-23)16-27-28-25(30)24(17-7-3-1-4-8-17)18-9-5-2-6-10-18/h1-16,24H,(H,28,30)/b27-16-. The number of nitro groups is 1. The molecule has 0 fully saturated rings. The molecule has 3 aromatic carbocycles. The number of nitrogens with zero attached hydrogens (tertiary/aromatic N) is 2. The molecule has 7 nitrogen and oxygen atoms in total. The molecule has 164 valence electrons. The molecule has 4 rings (SSSR count). The van der Waals surface area contributed by atoms with Gasteiger partial charge in [0, 0.05) is 11.6 Å². The van der Waals surface area contributed by atoms with E-state index in [0.29, 0.717) is 17.1 Å². The van der Waals surface area contributed by atoms with Gasteiger partial charge in [0.05, 0.1) is 17.1 Å². The third-order valence-electron chi connectivity index (χ3n) is 4.95. The van der Waals surface area contributed by atoms with Crippen LogP contribution in [0.5, 0.6) is 0 Å². The van der Waals surface area contributed by atoms with Crippen molar-refractivity contribution in [1.82, 2.24) is 5.43 Å². The molecule has 1 amide bonds. The minimum atomic E-state index is -0.553. The third kappa shape index (κ3) is 5.16. The second-order valence-corrected chi connectivity index (χ2v) is 7.52. The predicted molar refractivity (Wildman–Crippen MR) is 126 cm³/mol. The number of carbonyl (C=O) groups is 1. The van der Waals surface area contributed by atoms with Crippen molar-refractivity contribution in [3.05, 3.63) is 123 Å². The molecule has 0 unspecified atom stereocenters. The summed E-state index contributed by atoms with van der Waals surface area (Å²) in [7, 11) is 0. The maximum atomic E-state index is 13.0. The van der Waals surface area contributed by atoms with Crippen molar-refractivity contribution in [3.63, 3.8) is 0 Å². The molecule has 1 heterocycles. The molecule has 0 radical (unpaired) electrons. The molecular formula is C25H18ClN3O4. The van der Waals surface area contributed by atoms with Gasteiger partial charge in [-0.3, -0.25) is 14.9 Å². The molecule has 1 aromatic heterocycles. The van der Waals surface area contributed by atoms with Crippen molar-refractivity contribution in [2.24, 2.45) is 5.10 Å². The Morgan fingerprint density at radius 3 is 2.21 bits per heavy atom. The van der Waals surface area contributed by atoms with E-state index in [-0.39, 0.29) is 16.6 Å². The molecule has 1 N–H and O–H groups in total. The second kappa shape index (κ2) is 9.93. The number of hydrogen-bond acceptors (Lipinski definition) is 5. The molecule has 0 aliphatic heterocycles. The molecule has 0 atom stereocenters. The van der Waals surface area contributed by atoms with Crippen LogP contribution in [-0.4, -0.2) is 17.0 Å². The highest BCUT2D eigenvalue weighted by molar-refractivity contribution is 6.32. The van der Waals surface area contributed by atoms with E-state index in [0.717, 1.165) is 11.1 Å². The van der Waals surface area contributed by atoms with Gasteiger partial charge in [0.15, 0.2) is 0 Å². The largest absolute Gasteiger partial charge is 0.455 e. The van der Waals surface area contributed by atoms with Gasteiger partial charge >= 0.3 is 0 Å². The molecule has 0 saturated heterocycles. The number of hydrazone groups is 1. The molecular weight excluding hydrogens is 442 g/mol. The molecule has 0 saturated carbocycles. The lowest BCUT2D eigenvalue weighted by atomic mass is 9.91.